The lowest BCUT2D eigenvalue weighted by Crippen LogP contribution is -2.34. The van der Waals surface area contributed by atoms with E-state index in [1.807, 2.05) is 0 Å². The van der Waals surface area contributed by atoms with Crippen molar-refractivity contribution in [2.75, 3.05) is 26.3 Å². The Morgan fingerprint density at radius 1 is 1.17 bits per heavy atom. The number of nitrogens with one attached hydrogen (secondary N) is 1. The zero-order chi connectivity index (χ0) is 11.9. The molecule has 1 heterocycles. The van der Waals surface area contributed by atoms with Gasteiger partial charge in [-0.1, -0.05) is 6.42 Å². The second kappa shape index (κ2) is 8.96. The van der Waals surface area contributed by atoms with Crippen molar-refractivity contribution in [2.24, 2.45) is 22.6 Å². The van der Waals surface area contributed by atoms with Gasteiger partial charge in [0.15, 0.2) is 5.96 Å². The Balaban J connectivity index is 0.00000162. The maximum Gasteiger partial charge on any atom is 0.188 e. The van der Waals surface area contributed by atoms with Crippen molar-refractivity contribution in [2.45, 2.75) is 38.5 Å². The second-order valence-corrected chi connectivity index (χ2v) is 5.29. The summed E-state index contributed by atoms with van der Waals surface area (Å²) in [6.07, 6.45) is 7.61. The Morgan fingerprint density at radius 2 is 1.89 bits per heavy atom. The smallest absolute Gasteiger partial charge is 0.188 e. The number of rotatable bonds is 5. The molecule has 3 N–H and O–H groups in total. The van der Waals surface area contributed by atoms with Crippen LogP contribution in [-0.4, -0.2) is 32.3 Å². The monoisotopic (exact) mass is 367 g/mol. The van der Waals surface area contributed by atoms with E-state index in [9.17, 15) is 0 Å². The quantitative estimate of drug-likeness (QED) is 0.445. The van der Waals surface area contributed by atoms with Crippen molar-refractivity contribution in [3.05, 3.63) is 0 Å². The molecule has 106 valence electrons. The maximum atomic E-state index is 5.83. The molecule has 1 aliphatic heterocycles. The normalized spacial score (nSPS) is 22.1. The minimum absolute atomic E-state index is 0. The standard InChI is InChI=1S/C13H25N3O.HI/c14-13(16-10-12-2-1-3-12)15-7-4-11-5-8-17-9-6-11;/h11-12H,1-10H2,(H3,14,15,16);1H. The topological polar surface area (TPSA) is 59.6 Å². The Labute approximate surface area is 127 Å². The van der Waals surface area contributed by atoms with E-state index >= 15 is 0 Å². The van der Waals surface area contributed by atoms with Gasteiger partial charge < -0.3 is 15.8 Å². The first-order chi connectivity index (χ1) is 8.34. The van der Waals surface area contributed by atoms with E-state index in [0.29, 0.717) is 5.96 Å². The van der Waals surface area contributed by atoms with Gasteiger partial charge in [0, 0.05) is 26.3 Å². The molecule has 1 aliphatic carbocycles. The van der Waals surface area contributed by atoms with Crippen molar-refractivity contribution in [3.8, 4) is 0 Å². The number of hydrogen-bond donors (Lipinski definition) is 2. The molecular weight excluding hydrogens is 341 g/mol. The highest BCUT2D eigenvalue weighted by molar-refractivity contribution is 14.0. The average Bonchev–Trinajstić information content (AvgIpc) is 2.28. The van der Waals surface area contributed by atoms with Gasteiger partial charge in [0.05, 0.1) is 0 Å². The summed E-state index contributed by atoms with van der Waals surface area (Å²) in [6.45, 7) is 3.71. The first-order valence-corrected chi connectivity index (χ1v) is 6.96. The van der Waals surface area contributed by atoms with Crippen LogP contribution >= 0.6 is 24.0 Å². The maximum absolute atomic E-state index is 5.83. The van der Waals surface area contributed by atoms with Crippen LogP contribution in [0.3, 0.4) is 0 Å². The molecule has 0 spiro atoms. The van der Waals surface area contributed by atoms with E-state index in [4.69, 9.17) is 10.5 Å². The number of hydrogen-bond acceptors (Lipinski definition) is 2. The number of nitrogens with two attached hydrogens (primary N) is 1. The lowest BCUT2D eigenvalue weighted by atomic mass is 9.86. The number of aliphatic imine (C=N–C) groups is 1. The fraction of sp³-hybridized carbons (Fsp3) is 0.923. The van der Waals surface area contributed by atoms with Crippen LogP contribution in [0.15, 0.2) is 4.99 Å². The van der Waals surface area contributed by atoms with Gasteiger partial charge in [-0.2, -0.15) is 0 Å². The van der Waals surface area contributed by atoms with E-state index in [2.05, 4.69) is 10.3 Å². The van der Waals surface area contributed by atoms with E-state index in [-0.39, 0.29) is 24.0 Å². The Morgan fingerprint density at radius 3 is 2.50 bits per heavy atom. The fourth-order valence-corrected chi connectivity index (χ4v) is 2.40. The predicted molar refractivity (Wildman–Crippen MR) is 85.4 cm³/mol. The highest BCUT2D eigenvalue weighted by atomic mass is 127. The largest absolute Gasteiger partial charge is 0.381 e. The van der Waals surface area contributed by atoms with E-state index in [0.717, 1.165) is 38.1 Å². The molecule has 0 bridgehead atoms. The van der Waals surface area contributed by atoms with Gasteiger partial charge in [-0.25, -0.2) is 0 Å². The fourth-order valence-electron chi connectivity index (χ4n) is 2.40. The first-order valence-electron chi connectivity index (χ1n) is 6.96. The van der Waals surface area contributed by atoms with Crippen LogP contribution in [-0.2, 0) is 4.74 Å². The molecule has 0 radical (unpaired) electrons. The molecule has 2 aliphatic rings. The molecule has 0 unspecified atom stereocenters. The highest BCUT2D eigenvalue weighted by Gasteiger charge is 2.16. The van der Waals surface area contributed by atoms with Crippen LogP contribution in [0.2, 0.25) is 0 Å². The van der Waals surface area contributed by atoms with Gasteiger partial charge in [0.2, 0.25) is 0 Å². The van der Waals surface area contributed by atoms with Crippen molar-refractivity contribution in [3.63, 3.8) is 0 Å². The minimum atomic E-state index is 0. The molecule has 0 amide bonds. The molecule has 0 aromatic heterocycles. The summed E-state index contributed by atoms with van der Waals surface area (Å²) in [5.41, 5.74) is 5.83. The molecular formula is C13H26IN3O. The molecule has 2 rings (SSSR count). The Hall–Kier alpha value is -0.0400. The molecule has 4 nitrogen and oxygen atoms in total. The van der Waals surface area contributed by atoms with Crippen LogP contribution in [0.1, 0.15) is 38.5 Å². The Bertz CT molecular complexity index is 251. The van der Waals surface area contributed by atoms with E-state index < -0.39 is 0 Å². The number of nitrogens with zero attached hydrogens (tertiary/aromatic N) is 1. The summed E-state index contributed by atoms with van der Waals surface area (Å²) in [6, 6.07) is 0. The van der Waals surface area contributed by atoms with E-state index in [1.165, 1.54) is 38.5 Å². The third-order valence-electron chi connectivity index (χ3n) is 3.94. The second-order valence-electron chi connectivity index (χ2n) is 5.29. The number of guanidine groups is 1. The summed E-state index contributed by atoms with van der Waals surface area (Å²) >= 11 is 0. The van der Waals surface area contributed by atoms with Crippen LogP contribution in [0.5, 0.6) is 0 Å². The Kier molecular flexibility index (Phi) is 7.97. The summed E-state index contributed by atoms with van der Waals surface area (Å²) in [5, 5.41) is 3.22. The van der Waals surface area contributed by atoms with Gasteiger partial charge in [0.1, 0.15) is 0 Å². The van der Waals surface area contributed by atoms with Gasteiger partial charge >= 0.3 is 0 Å². The zero-order valence-corrected chi connectivity index (χ0v) is 13.4. The van der Waals surface area contributed by atoms with Crippen LogP contribution < -0.4 is 11.1 Å². The van der Waals surface area contributed by atoms with Gasteiger partial charge in [0.25, 0.3) is 0 Å². The highest BCUT2D eigenvalue weighted by Crippen LogP contribution is 2.26. The zero-order valence-electron chi connectivity index (χ0n) is 11.1. The summed E-state index contributed by atoms with van der Waals surface area (Å²) in [7, 11) is 0. The van der Waals surface area contributed by atoms with Crippen molar-refractivity contribution < 1.29 is 4.74 Å². The lowest BCUT2D eigenvalue weighted by Gasteiger charge is -2.23. The van der Waals surface area contributed by atoms with E-state index in [1.54, 1.807) is 0 Å². The molecule has 1 saturated carbocycles. The third kappa shape index (κ3) is 5.73. The SMILES string of the molecule is I.NC(=NCC1CCC1)NCCC1CCOCC1. The molecule has 0 atom stereocenters. The molecule has 2 fully saturated rings. The number of ether oxygens (including phenoxy) is 1. The third-order valence-corrected chi connectivity index (χ3v) is 3.94. The molecule has 18 heavy (non-hydrogen) atoms. The van der Waals surface area contributed by atoms with Gasteiger partial charge in [-0.15, -0.1) is 24.0 Å². The number of halogens is 1. The lowest BCUT2D eigenvalue weighted by molar-refractivity contribution is 0.0643. The first kappa shape index (κ1) is 16.0. The van der Waals surface area contributed by atoms with Gasteiger partial charge in [-0.3, -0.25) is 4.99 Å². The van der Waals surface area contributed by atoms with Crippen LogP contribution in [0, 0.1) is 11.8 Å². The van der Waals surface area contributed by atoms with Crippen LogP contribution in [0.25, 0.3) is 0 Å². The molecule has 1 saturated heterocycles. The molecule has 0 aromatic carbocycles. The van der Waals surface area contributed by atoms with Crippen molar-refractivity contribution >= 4 is 29.9 Å². The van der Waals surface area contributed by atoms with Crippen molar-refractivity contribution in [1.82, 2.24) is 5.32 Å². The molecule has 0 aromatic rings. The van der Waals surface area contributed by atoms with Crippen molar-refractivity contribution in [1.29, 1.82) is 0 Å². The molecule has 5 heteroatoms. The summed E-state index contributed by atoms with van der Waals surface area (Å²) < 4.78 is 5.34. The average molecular weight is 367 g/mol. The predicted octanol–water partition coefficient (Wildman–Crippen LogP) is 2.13. The summed E-state index contributed by atoms with van der Waals surface area (Å²) in [4.78, 5) is 4.39. The minimum Gasteiger partial charge on any atom is -0.381 e. The summed E-state index contributed by atoms with van der Waals surface area (Å²) in [5.74, 6) is 2.23. The van der Waals surface area contributed by atoms with Gasteiger partial charge in [-0.05, 0) is 43.9 Å². The van der Waals surface area contributed by atoms with Crippen LogP contribution in [0.4, 0.5) is 0 Å².